The van der Waals surface area contributed by atoms with Crippen molar-refractivity contribution in [2.75, 3.05) is 26.3 Å². The van der Waals surface area contributed by atoms with E-state index in [2.05, 4.69) is 38.8 Å². The second-order valence-corrected chi connectivity index (χ2v) is 5.60. The Morgan fingerprint density at radius 1 is 1.33 bits per heavy atom. The molecule has 2 aromatic rings. The number of pyridine rings is 1. The number of fused-ring (bicyclic) bond motifs is 1. The van der Waals surface area contributed by atoms with Crippen LogP contribution in [0.1, 0.15) is 25.6 Å². The monoisotopic (exact) mass is 328 g/mol. The molecule has 24 heavy (non-hydrogen) atoms. The van der Waals surface area contributed by atoms with Gasteiger partial charge in [-0.3, -0.25) is 4.40 Å². The van der Waals surface area contributed by atoms with Crippen LogP contribution in [0.25, 0.3) is 5.65 Å². The highest BCUT2D eigenvalue weighted by atomic mass is 16.5. The summed E-state index contributed by atoms with van der Waals surface area (Å²) in [6.07, 6.45) is 6.18. The smallest absolute Gasteiger partial charge is 0.191 e. The number of hydrogen-bond acceptors (Lipinski definition) is 4. The Morgan fingerprint density at radius 2 is 2.29 bits per heavy atom. The van der Waals surface area contributed by atoms with Gasteiger partial charge in [0.05, 0.1) is 13.2 Å². The largest absolute Gasteiger partial charge is 0.377 e. The fourth-order valence-electron chi connectivity index (χ4n) is 2.62. The summed E-state index contributed by atoms with van der Waals surface area (Å²) in [6, 6.07) is 5.85. The summed E-state index contributed by atoms with van der Waals surface area (Å²) in [6.45, 7) is 5.80. The molecule has 0 fully saturated rings. The average molecular weight is 328 g/mol. The highest BCUT2D eigenvalue weighted by Gasteiger charge is 2.06. The summed E-state index contributed by atoms with van der Waals surface area (Å²) in [4.78, 5) is 4.62. The molecule has 0 atom stereocenters. The van der Waals surface area contributed by atoms with Crippen molar-refractivity contribution >= 4 is 11.6 Å². The summed E-state index contributed by atoms with van der Waals surface area (Å²) in [7, 11) is 0. The molecule has 0 aliphatic carbocycles. The second-order valence-electron chi connectivity index (χ2n) is 5.60. The highest BCUT2D eigenvalue weighted by molar-refractivity contribution is 5.79. The summed E-state index contributed by atoms with van der Waals surface area (Å²) in [5, 5.41) is 15.0. The van der Waals surface area contributed by atoms with Gasteiger partial charge in [-0.25, -0.2) is 4.99 Å². The summed E-state index contributed by atoms with van der Waals surface area (Å²) < 4.78 is 7.29. The third kappa shape index (κ3) is 4.32. The molecule has 3 heterocycles. The fraction of sp³-hybridized carbons (Fsp3) is 0.471. The zero-order valence-corrected chi connectivity index (χ0v) is 14.0. The fourth-order valence-corrected chi connectivity index (χ4v) is 2.62. The molecule has 0 saturated heterocycles. The molecule has 1 aliphatic rings. The molecular formula is C17H24N6O. The summed E-state index contributed by atoms with van der Waals surface area (Å²) in [5.41, 5.74) is 2.29. The van der Waals surface area contributed by atoms with Gasteiger partial charge in [-0.15, -0.1) is 10.2 Å². The van der Waals surface area contributed by atoms with Crippen LogP contribution >= 0.6 is 0 Å². The number of guanidine groups is 1. The molecule has 0 aromatic carbocycles. The lowest BCUT2D eigenvalue weighted by Crippen LogP contribution is -2.38. The van der Waals surface area contributed by atoms with E-state index in [0.29, 0.717) is 6.54 Å². The van der Waals surface area contributed by atoms with Crippen LogP contribution in [0.2, 0.25) is 0 Å². The first-order valence-corrected chi connectivity index (χ1v) is 8.43. The molecule has 2 N–H and O–H groups in total. The maximum atomic E-state index is 5.33. The first kappa shape index (κ1) is 16.4. The van der Waals surface area contributed by atoms with Gasteiger partial charge in [0.2, 0.25) is 0 Å². The second kappa shape index (κ2) is 8.44. The minimum absolute atomic E-state index is 0.483. The highest BCUT2D eigenvalue weighted by Crippen LogP contribution is 2.10. The predicted octanol–water partition coefficient (Wildman–Crippen LogP) is 1.52. The van der Waals surface area contributed by atoms with Gasteiger partial charge in [-0.1, -0.05) is 17.7 Å². The topological polar surface area (TPSA) is 75.8 Å². The first-order valence-electron chi connectivity index (χ1n) is 8.43. The van der Waals surface area contributed by atoms with E-state index in [1.54, 1.807) is 0 Å². The Kier molecular flexibility index (Phi) is 5.79. The van der Waals surface area contributed by atoms with E-state index in [1.165, 1.54) is 5.57 Å². The lowest BCUT2D eigenvalue weighted by molar-refractivity contribution is 0.153. The lowest BCUT2D eigenvalue weighted by Gasteiger charge is -2.15. The number of hydrogen-bond donors (Lipinski definition) is 2. The molecule has 7 heteroatoms. The lowest BCUT2D eigenvalue weighted by atomic mass is 10.1. The number of nitrogens with one attached hydrogen (secondary N) is 2. The van der Waals surface area contributed by atoms with Crippen molar-refractivity contribution in [2.45, 2.75) is 26.3 Å². The molecule has 0 unspecified atom stereocenters. The summed E-state index contributed by atoms with van der Waals surface area (Å²) >= 11 is 0. The first-order chi connectivity index (χ1) is 11.9. The van der Waals surface area contributed by atoms with Gasteiger partial charge in [-0.05, 0) is 31.9 Å². The van der Waals surface area contributed by atoms with Gasteiger partial charge in [0.1, 0.15) is 6.54 Å². The van der Waals surface area contributed by atoms with Gasteiger partial charge in [0.25, 0.3) is 0 Å². The van der Waals surface area contributed by atoms with E-state index in [4.69, 9.17) is 4.74 Å². The van der Waals surface area contributed by atoms with Crippen molar-refractivity contribution in [3.8, 4) is 0 Å². The molecule has 0 amide bonds. The minimum atomic E-state index is 0.483. The van der Waals surface area contributed by atoms with Gasteiger partial charge in [-0.2, -0.15) is 0 Å². The van der Waals surface area contributed by atoms with Crippen molar-refractivity contribution < 1.29 is 4.74 Å². The zero-order chi connectivity index (χ0) is 16.6. The molecule has 0 spiro atoms. The van der Waals surface area contributed by atoms with Crippen LogP contribution in [-0.4, -0.2) is 46.9 Å². The zero-order valence-electron chi connectivity index (χ0n) is 14.0. The van der Waals surface area contributed by atoms with Crippen molar-refractivity contribution in [2.24, 2.45) is 4.99 Å². The maximum absolute atomic E-state index is 5.33. The Hall–Kier alpha value is -2.41. The predicted molar refractivity (Wildman–Crippen MR) is 93.9 cm³/mol. The number of ether oxygens (including phenoxy) is 1. The Labute approximate surface area is 141 Å². The minimum Gasteiger partial charge on any atom is -0.377 e. The van der Waals surface area contributed by atoms with Crippen LogP contribution in [0.15, 0.2) is 41.0 Å². The third-order valence-corrected chi connectivity index (χ3v) is 3.90. The van der Waals surface area contributed by atoms with Gasteiger partial charge < -0.3 is 15.4 Å². The molecule has 7 nitrogen and oxygen atoms in total. The Bertz CT molecular complexity index is 721. The number of aliphatic imine (C=N–C) groups is 1. The SMILES string of the molecule is CCNC(=NCc1nnc2ccccn12)NCCC1=CCOCC1. The van der Waals surface area contributed by atoms with Crippen molar-refractivity contribution in [1.82, 2.24) is 25.2 Å². The van der Waals surface area contributed by atoms with Gasteiger partial charge in [0.15, 0.2) is 17.4 Å². The van der Waals surface area contributed by atoms with E-state index >= 15 is 0 Å². The Balaban J connectivity index is 1.57. The maximum Gasteiger partial charge on any atom is 0.191 e. The molecule has 3 rings (SSSR count). The van der Waals surface area contributed by atoms with Crippen LogP contribution < -0.4 is 10.6 Å². The van der Waals surface area contributed by atoms with Crippen molar-refractivity contribution in [3.05, 3.63) is 41.9 Å². The third-order valence-electron chi connectivity index (χ3n) is 3.90. The molecule has 0 radical (unpaired) electrons. The van der Waals surface area contributed by atoms with Crippen LogP contribution in [0.3, 0.4) is 0 Å². The van der Waals surface area contributed by atoms with E-state index in [1.807, 2.05) is 28.8 Å². The van der Waals surface area contributed by atoms with Gasteiger partial charge >= 0.3 is 0 Å². The van der Waals surface area contributed by atoms with Gasteiger partial charge in [0, 0.05) is 19.3 Å². The number of rotatable bonds is 6. The quantitative estimate of drug-likeness (QED) is 0.478. The molecule has 0 saturated carbocycles. The Morgan fingerprint density at radius 3 is 3.12 bits per heavy atom. The van der Waals surface area contributed by atoms with E-state index in [0.717, 1.165) is 56.6 Å². The number of aromatic nitrogens is 3. The van der Waals surface area contributed by atoms with Crippen LogP contribution in [-0.2, 0) is 11.3 Å². The molecule has 1 aliphatic heterocycles. The van der Waals surface area contributed by atoms with Crippen LogP contribution in [0.4, 0.5) is 0 Å². The average Bonchev–Trinajstić information content (AvgIpc) is 3.04. The standard InChI is InChI=1S/C17H24N6O/c1-2-18-17(19-9-6-14-7-11-24-12-8-14)20-13-16-22-21-15-5-3-4-10-23(15)16/h3-5,7,10H,2,6,8-9,11-13H2,1H3,(H2,18,19,20). The molecule has 0 bridgehead atoms. The normalized spacial score (nSPS) is 15.4. The summed E-state index contributed by atoms with van der Waals surface area (Å²) in [5.74, 6) is 1.63. The molecular weight excluding hydrogens is 304 g/mol. The molecule has 2 aromatic heterocycles. The number of nitrogens with zero attached hydrogens (tertiary/aromatic N) is 4. The van der Waals surface area contributed by atoms with E-state index in [-0.39, 0.29) is 0 Å². The van der Waals surface area contributed by atoms with Crippen LogP contribution in [0.5, 0.6) is 0 Å². The van der Waals surface area contributed by atoms with E-state index < -0.39 is 0 Å². The molecule has 128 valence electrons. The van der Waals surface area contributed by atoms with Crippen molar-refractivity contribution in [1.29, 1.82) is 0 Å². The van der Waals surface area contributed by atoms with E-state index in [9.17, 15) is 0 Å². The van der Waals surface area contributed by atoms with Crippen LogP contribution in [0, 0.1) is 0 Å². The van der Waals surface area contributed by atoms with Crippen molar-refractivity contribution in [3.63, 3.8) is 0 Å².